The molecule has 22 heavy (non-hydrogen) atoms. The van der Waals surface area contributed by atoms with E-state index in [9.17, 15) is 4.79 Å². The molecule has 1 fully saturated rings. The molecule has 116 valence electrons. The second-order valence-corrected chi connectivity index (χ2v) is 7.18. The van der Waals surface area contributed by atoms with Crippen LogP contribution < -0.4 is 10.1 Å². The molecular weight excluding hydrogens is 318 g/mol. The lowest BCUT2D eigenvalue weighted by Gasteiger charge is -2.27. The first-order valence-electron chi connectivity index (χ1n) is 7.50. The third-order valence-electron chi connectivity index (χ3n) is 3.76. The van der Waals surface area contributed by atoms with Crippen molar-refractivity contribution in [3.8, 4) is 5.75 Å². The average Bonchev–Trinajstić information content (AvgIpc) is 2.89. The van der Waals surface area contributed by atoms with E-state index in [-0.39, 0.29) is 12.0 Å². The number of hydrogen-bond donors (Lipinski definition) is 1. The van der Waals surface area contributed by atoms with Crippen LogP contribution in [0.15, 0.2) is 36.4 Å². The predicted octanol–water partition coefficient (Wildman–Crippen LogP) is 4.31. The first kappa shape index (κ1) is 15.4. The van der Waals surface area contributed by atoms with Gasteiger partial charge in [0.1, 0.15) is 5.75 Å². The predicted molar refractivity (Wildman–Crippen MR) is 90.1 cm³/mol. The Morgan fingerprint density at radius 3 is 2.77 bits per heavy atom. The number of amides is 1. The monoisotopic (exact) mass is 335 g/mol. The van der Waals surface area contributed by atoms with Crippen LogP contribution >= 0.6 is 22.9 Å². The fourth-order valence-corrected chi connectivity index (χ4v) is 3.39. The average molecular weight is 336 g/mol. The molecule has 1 heterocycles. The number of carbonyl (C=O) groups is 1. The Balaban J connectivity index is 1.57. The SMILES string of the molecule is O=C(NCCc1ccc(Cl)s1)c1ccccc1OC1CCC1. The molecule has 1 aromatic heterocycles. The van der Waals surface area contributed by atoms with Crippen molar-refractivity contribution >= 4 is 28.8 Å². The van der Waals surface area contributed by atoms with E-state index in [2.05, 4.69) is 5.32 Å². The third kappa shape index (κ3) is 3.81. The molecule has 1 amide bonds. The van der Waals surface area contributed by atoms with Crippen LogP contribution in [-0.4, -0.2) is 18.6 Å². The summed E-state index contributed by atoms with van der Waals surface area (Å²) in [5.41, 5.74) is 0.610. The van der Waals surface area contributed by atoms with Gasteiger partial charge in [-0.25, -0.2) is 0 Å². The summed E-state index contributed by atoms with van der Waals surface area (Å²) in [5, 5.41) is 2.95. The lowest BCUT2D eigenvalue weighted by Crippen LogP contribution is -2.28. The minimum Gasteiger partial charge on any atom is -0.490 e. The number of benzene rings is 1. The zero-order valence-corrected chi connectivity index (χ0v) is 13.8. The summed E-state index contributed by atoms with van der Waals surface area (Å²) in [6.45, 7) is 0.591. The lowest BCUT2D eigenvalue weighted by atomic mass is 9.96. The van der Waals surface area contributed by atoms with E-state index in [1.807, 2.05) is 36.4 Å². The van der Waals surface area contributed by atoms with Crippen LogP contribution in [0, 0.1) is 0 Å². The highest BCUT2D eigenvalue weighted by atomic mass is 35.5. The first-order chi connectivity index (χ1) is 10.7. The van der Waals surface area contributed by atoms with Gasteiger partial charge < -0.3 is 10.1 Å². The number of ether oxygens (including phenoxy) is 1. The van der Waals surface area contributed by atoms with Gasteiger partial charge in [-0.1, -0.05) is 23.7 Å². The van der Waals surface area contributed by atoms with Crippen LogP contribution in [0.3, 0.4) is 0 Å². The molecule has 0 spiro atoms. The molecule has 1 aliphatic carbocycles. The van der Waals surface area contributed by atoms with E-state index in [0.717, 1.165) is 23.6 Å². The van der Waals surface area contributed by atoms with E-state index < -0.39 is 0 Å². The van der Waals surface area contributed by atoms with Gasteiger partial charge >= 0.3 is 0 Å². The number of thiophene rings is 1. The molecule has 1 N–H and O–H groups in total. The van der Waals surface area contributed by atoms with Gasteiger partial charge in [-0.05, 0) is 49.9 Å². The van der Waals surface area contributed by atoms with Crippen molar-refractivity contribution in [1.29, 1.82) is 0 Å². The molecule has 0 radical (unpaired) electrons. The molecule has 0 atom stereocenters. The summed E-state index contributed by atoms with van der Waals surface area (Å²) in [6.07, 6.45) is 4.42. The minimum absolute atomic E-state index is 0.0856. The van der Waals surface area contributed by atoms with Gasteiger partial charge in [0, 0.05) is 11.4 Å². The van der Waals surface area contributed by atoms with Crippen LogP contribution in [0.25, 0.3) is 0 Å². The molecule has 3 rings (SSSR count). The van der Waals surface area contributed by atoms with Crippen molar-refractivity contribution in [2.45, 2.75) is 31.8 Å². The van der Waals surface area contributed by atoms with Crippen LogP contribution in [0.5, 0.6) is 5.75 Å². The summed E-state index contributed by atoms with van der Waals surface area (Å²) < 4.78 is 6.67. The fraction of sp³-hybridized carbons (Fsp3) is 0.353. The number of rotatable bonds is 6. The molecular formula is C17H18ClNO2S. The second kappa shape index (κ2) is 7.16. The Morgan fingerprint density at radius 2 is 2.09 bits per heavy atom. The van der Waals surface area contributed by atoms with E-state index in [0.29, 0.717) is 17.9 Å². The maximum absolute atomic E-state index is 12.3. The fourth-order valence-electron chi connectivity index (χ4n) is 2.31. The normalized spacial score (nSPS) is 14.4. The van der Waals surface area contributed by atoms with Gasteiger partial charge in [0.2, 0.25) is 0 Å². The van der Waals surface area contributed by atoms with Crippen molar-refractivity contribution < 1.29 is 9.53 Å². The van der Waals surface area contributed by atoms with Gasteiger partial charge in [-0.3, -0.25) is 4.79 Å². The van der Waals surface area contributed by atoms with Crippen LogP contribution in [-0.2, 0) is 6.42 Å². The van der Waals surface area contributed by atoms with Crippen LogP contribution in [0.2, 0.25) is 4.34 Å². The molecule has 3 nitrogen and oxygen atoms in total. The number of para-hydroxylation sites is 1. The molecule has 5 heteroatoms. The van der Waals surface area contributed by atoms with Gasteiger partial charge in [0.15, 0.2) is 0 Å². The highest BCUT2D eigenvalue weighted by Gasteiger charge is 2.21. The van der Waals surface area contributed by atoms with Gasteiger partial charge in [0.05, 0.1) is 16.0 Å². The zero-order valence-electron chi connectivity index (χ0n) is 12.2. The summed E-state index contributed by atoms with van der Waals surface area (Å²) in [5.74, 6) is 0.599. The van der Waals surface area contributed by atoms with Gasteiger partial charge in [-0.15, -0.1) is 11.3 Å². The maximum Gasteiger partial charge on any atom is 0.255 e. The Hall–Kier alpha value is -1.52. The summed E-state index contributed by atoms with van der Waals surface area (Å²) in [6, 6.07) is 11.3. The molecule has 1 aromatic carbocycles. The topological polar surface area (TPSA) is 38.3 Å². The van der Waals surface area contributed by atoms with E-state index in [1.54, 1.807) is 11.3 Å². The van der Waals surface area contributed by atoms with Crippen molar-refractivity contribution in [2.75, 3.05) is 6.54 Å². The molecule has 0 saturated heterocycles. The molecule has 2 aromatic rings. The summed E-state index contributed by atoms with van der Waals surface area (Å²) in [4.78, 5) is 13.5. The Labute approximate surface area is 139 Å². The minimum atomic E-state index is -0.0856. The lowest BCUT2D eigenvalue weighted by molar-refractivity contribution is 0.0928. The van der Waals surface area contributed by atoms with Crippen LogP contribution in [0.1, 0.15) is 34.5 Å². The third-order valence-corrected chi connectivity index (χ3v) is 5.05. The smallest absolute Gasteiger partial charge is 0.255 e. The molecule has 0 aliphatic heterocycles. The number of halogens is 1. The molecule has 0 bridgehead atoms. The standard InChI is InChI=1S/C17H18ClNO2S/c18-16-9-8-13(22-16)10-11-19-17(20)14-6-1-2-7-15(14)21-12-4-3-5-12/h1-2,6-9,12H,3-5,10-11H2,(H,19,20). The van der Waals surface area contributed by atoms with Crippen molar-refractivity contribution in [3.63, 3.8) is 0 Å². The number of hydrogen-bond acceptors (Lipinski definition) is 3. The van der Waals surface area contributed by atoms with Crippen molar-refractivity contribution in [1.82, 2.24) is 5.32 Å². The quantitative estimate of drug-likeness (QED) is 0.854. The van der Waals surface area contributed by atoms with Crippen LogP contribution in [0.4, 0.5) is 0 Å². The Kier molecular flexibility index (Phi) is 5.01. The Morgan fingerprint density at radius 1 is 1.27 bits per heavy atom. The first-order valence-corrected chi connectivity index (χ1v) is 8.70. The summed E-state index contributed by atoms with van der Waals surface area (Å²) in [7, 11) is 0. The molecule has 1 aliphatic rings. The zero-order chi connectivity index (χ0) is 15.4. The number of carbonyl (C=O) groups excluding carboxylic acids is 1. The van der Waals surface area contributed by atoms with E-state index >= 15 is 0 Å². The summed E-state index contributed by atoms with van der Waals surface area (Å²) >= 11 is 7.45. The highest BCUT2D eigenvalue weighted by Crippen LogP contribution is 2.27. The van der Waals surface area contributed by atoms with Crippen molar-refractivity contribution in [2.24, 2.45) is 0 Å². The Bertz CT molecular complexity index is 652. The van der Waals surface area contributed by atoms with E-state index in [4.69, 9.17) is 16.3 Å². The second-order valence-electron chi connectivity index (χ2n) is 5.38. The molecule has 1 saturated carbocycles. The van der Waals surface area contributed by atoms with Gasteiger partial charge in [0.25, 0.3) is 5.91 Å². The maximum atomic E-state index is 12.3. The molecule has 0 unspecified atom stereocenters. The van der Waals surface area contributed by atoms with Crippen molar-refractivity contribution in [3.05, 3.63) is 51.2 Å². The van der Waals surface area contributed by atoms with Gasteiger partial charge in [-0.2, -0.15) is 0 Å². The highest BCUT2D eigenvalue weighted by molar-refractivity contribution is 7.16. The number of nitrogens with one attached hydrogen (secondary N) is 1. The largest absolute Gasteiger partial charge is 0.490 e. The van der Waals surface area contributed by atoms with E-state index in [1.165, 1.54) is 11.3 Å².